The molecule has 0 radical (unpaired) electrons. The minimum absolute atomic E-state index is 0.0651. The second-order valence-corrected chi connectivity index (χ2v) is 8.58. The Morgan fingerprint density at radius 3 is 2.45 bits per heavy atom. The Balaban J connectivity index is 1.39. The van der Waals surface area contributed by atoms with Crippen molar-refractivity contribution < 1.29 is 19.3 Å². The monoisotopic (exact) mass is 420 g/mol. The summed E-state index contributed by atoms with van der Waals surface area (Å²) in [6.07, 6.45) is 1.70. The number of nitrogens with zero attached hydrogens (tertiary/aromatic N) is 2. The Morgan fingerprint density at radius 1 is 1.00 bits per heavy atom. The van der Waals surface area contributed by atoms with Crippen molar-refractivity contribution in [3.8, 4) is 0 Å². The van der Waals surface area contributed by atoms with E-state index < -0.39 is 0 Å². The molecule has 2 aliphatic rings. The number of quaternary nitrogens is 1. The second-order valence-electron chi connectivity index (χ2n) is 8.58. The van der Waals surface area contributed by atoms with Gasteiger partial charge in [-0.05, 0) is 31.5 Å². The number of fused-ring (bicyclic) bond motifs is 1. The lowest BCUT2D eigenvalue weighted by molar-refractivity contribution is -0.917. The number of hydrogen-bond donors (Lipinski definition) is 1. The smallest absolute Gasteiger partial charge is 0.261 e. The largest absolute Gasteiger partial charge is 0.328 e. The lowest BCUT2D eigenvalue weighted by atomic mass is 10.0. The Hall–Kier alpha value is -2.99. The highest BCUT2D eigenvalue weighted by atomic mass is 16.2. The fourth-order valence-electron chi connectivity index (χ4n) is 4.44. The van der Waals surface area contributed by atoms with Crippen LogP contribution in [-0.2, 0) is 6.54 Å². The standard InChI is InChI=1S/C25H29N3O3/c1-3-4-10-28-24(30)21-9-8-20(16-22(21)25(28)31)23(29)27-13-11-26(12-14-27)17-19-7-5-6-18(2)15-19/h5-9,15-16H,3-4,10-14,17H2,1-2H3/p+1. The van der Waals surface area contributed by atoms with Crippen LogP contribution in [0.25, 0.3) is 0 Å². The molecule has 1 saturated heterocycles. The zero-order chi connectivity index (χ0) is 22.0. The van der Waals surface area contributed by atoms with Crippen LogP contribution in [0.15, 0.2) is 42.5 Å². The van der Waals surface area contributed by atoms with Crippen molar-refractivity contribution in [3.63, 3.8) is 0 Å². The minimum atomic E-state index is -0.282. The zero-order valence-corrected chi connectivity index (χ0v) is 18.3. The number of hydrogen-bond acceptors (Lipinski definition) is 3. The molecule has 0 aromatic heterocycles. The van der Waals surface area contributed by atoms with Crippen LogP contribution in [0.2, 0.25) is 0 Å². The van der Waals surface area contributed by atoms with E-state index in [0.717, 1.165) is 32.5 Å². The molecule has 4 rings (SSSR count). The van der Waals surface area contributed by atoms with Crippen molar-refractivity contribution in [2.24, 2.45) is 0 Å². The van der Waals surface area contributed by atoms with Crippen molar-refractivity contribution in [3.05, 3.63) is 70.3 Å². The molecule has 2 aromatic carbocycles. The highest BCUT2D eigenvalue weighted by Gasteiger charge is 2.36. The molecular weight excluding hydrogens is 390 g/mol. The van der Waals surface area contributed by atoms with Gasteiger partial charge in [-0.15, -0.1) is 0 Å². The van der Waals surface area contributed by atoms with Crippen molar-refractivity contribution in [2.45, 2.75) is 33.2 Å². The number of amides is 3. The van der Waals surface area contributed by atoms with E-state index in [-0.39, 0.29) is 17.7 Å². The third-order valence-corrected chi connectivity index (χ3v) is 6.25. The average molecular weight is 421 g/mol. The van der Waals surface area contributed by atoms with Gasteiger partial charge in [0.2, 0.25) is 0 Å². The van der Waals surface area contributed by atoms with Gasteiger partial charge < -0.3 is 9.80 Å². The van der Waals surface area contributed by atoms with E-state index in [9.17, 15) is 14.4 Å². The number of rotatable bonds is 6. The average Bonchev–Trinajstić information content (AvgIpc) is 3.01. The molecule has 6 heteroatoms. The first kappa shape index (κ1) is 21.2. The van der Waals surface area contributed by atoms with E-state index in [0.29, 0.717) is 36.3 Å². The third kappa shape index (κ3) is 4.39. The van der Waals surface area contributed by atoms with Crippen molar-refractivity contribution in [1.29, 1.82) is 0 Å². The molecule has 1 N–H and O–H groups in total. The Kier molecular flexibility index (Phi) is 6.18. The normalized spacial score (nSPS) is 16.7. The van der Waals surface area contributed by atoms with Gasteiger partial charge >= 0.3 is 0 Å². The molecule has 1 fully saturated rings. The van der Waals surface area contributed by atoms with E-state index >= 15 is 0 Å². The summed E-state index contributed by atoms with van der Waals surface area (Å²) in [4.78, 5) is 42.9. The summed E-state index contributed by atoms with van der Waals surface area (Å²) in [7, 11) is 0. The van der Waals surface area contributed by atoms with Crippen molar-refractivity contribution >= 4 is 17.7 Å². The first-order chi connectivity index (χ1) is 15.0. The lowest BCUT2D eigenvalue weighted by Crippen LogP contribution is -3.13. The summed E-state index contributed by atoms with van der Waals surface area (Å²) in [6.45, 7) is 8.69. The van der Waals surface area contributed by atoms with E-state index in [4.69, 9.17) is 0 Å². The first-order valence-electron chi connectivity index (χ1n) is 11.2. The number of aryl methyl sites for hydroxylation is 1. The molecule has 0 unspecified atom stereocenters. The maximum atomic E-state index is 13.1. The maximum absolute atomic E-state index is 13.1. The number of nitrogens with one attached hydrogen (secondary N) is 1. The molecule has 3 amide bonds. The molecule has 6 nitrogen and oxygen atoms in total. The van der Waals surface area contributed by atoms with Crippen molar-refractivity contribution in [1.82, 2.24) is 9.80 Å². The molecule has 0 saturated carbocycles. The summed E-state index contributed by atoms with van der Waals surface area (Å²) in [5.74, 6) is -0.596. The van der Waals surface area contributed by atoms with Crippen LogP contribution in [0.1, 0.15) is 62.0 Å². The van der Waals surface area contributed by atoms with Gasteiger partial charge in [-0.3, -0.25) is 19.3 Å². The highest BCUT2D eigenvalue weighted by molar-refractivity contribution is 6.22. The lowest BCUT2D eigenvalue weighted by Gasteiger charge is -2.32. The predicted octanol–water partition coefficient (Wildman–Crippen LogP) is 1.93. The van der Waals surface area contributed by atoms with Crippen LogP contribution in [0.5, 0.6) is 0 Å². The molecule has 2 aromatic rings. The third-order valence-electron chi connectivity index (χ3n) is 6.25. The molecular formula is C25H30N3O3+. The Morgan fingerprint density at radius 2 is 1.74 bits per heavy atom. The predicted molar refractivity (Wildman–Crippen MR) is 118 cm³/mol. The van der Waals surface area contributed by atoms with Crippen LogP contribution >= 0.6 is 0 Å². The number of imide groups is 1. The summed E-state index contributed by atoms with van der Waals surface area (Å²) in [5.41, 5.74) is 3.84. The molecule has 0 aliphatic carbocycles. The second kappa shape index (κ2) is 9.02. The fourth-order valence-corrected chi connectivity index (χ4v) is 4.44. The van der Waals surface area contributed by atoms with E-state index in [1.165, 1.54) is 20.9 Å². The van der Waals surface area contributed by atoms with Crippen LogP contribution in [0, 0.1) is 6.92 Å². The summed E-state index contributed by atoms with van der Waals surface area (Å²) < 4.78 is 0. The summed E-state index contributed by atoms with van der Waals surface area (Å²) >= 11 is 0. The van der Waals surface area contributed by atoms with Crippen LogP contribution in [0.4, 0.5) is 0 Å². The Labute approximate surface area is 183 Å². The number of carbonyl (C=O) groups is 3. The fraction of sp³-hybridized carbons (Fsp3) is 0.400. The van der Waals surface area contributed by atoms with Crippen LogP contribution in [0.3, 0.4) is 0 Å². The minimum Gasteiger partial charge on any atom is -0.328 e. The first-order valence-corrected chi connectivity index (χ1v) is 11.2. The van der Waals surface area contributed by atoms with E-state index in [1.807, 2.05) is 11.8 Å². The van der Waals surface area contributed by atoms with Gasteiger partial charge in [0.15, 0.2) is 0 Å². The molecule has 2 heterocycles. The molecule has 31 heavy (non-hydrogen) atoms. The number of piperazine rings is 1. The van der Waals surface area contributed by atoms with Gasteiger partial charge in [0.1, 0.15) is 6.54 Å². The number of unbranched alkanes of at least 4 members (excludes halogenated alkanes) is 1. The van der Waals surface area contributed by atoms with Gasteiger partial charge in [0.25, 0.3) is 17.7 Å². The molecule has 0 atom stereocenters. The summed E-state index contributed by atoms with van der Waals surface area (Å²) in [6, 6.07) is 13.5. The van der Waals surface area contributed by atoms with E-state index in [1.54, 1.807) is 18.2 Å². The molecule has 162 valence electrons. The topological polar surface area (TPSA) is 62.1 Å². The molecule has 0 bridgehead atoms. The maximum Gasteiger partial charge on any atom is 0.261 e. The van der Waals surface area contributed by atoms with Crippen LogP contribution < -0.4 is 4.90 Å². The van der Waals surface area contributed by atoms with Gasteiger partial charge in [0.05, 0.1) is 37.3 Å². The quantitative estimate of drug-likeness (QED) is 0.727. The summed E-state index contributed by atoms with van der Waals surface area (Å²) in [5, 5.41) is 0. The van der Waals surface area contributed by atoms with Gasteiger partial charge in [-0.25, -0.2) is 0 Å². The van der Waals surface area contributed by atoms with Gasteiger partial charge in [0, 0.05) is 17.7 Å². The Bertz CT molecular complexity index is 1010. The SMILES string of the molecule is CCCCN1C(=O)c2ccc(C(=O)N3CC[NH+](Cc4cccc(C)c4)CC3)cc2C1=O. The van der Waals surface area contributed by atoms with Gasteiger partial charge in [-0.1, -0.05) is 43.2 Å². The number of carbonyl (C=O) groups excluding carboxylic acids is 3. The highest BCUT2D eigenvalue weighted by Crippen LogP contribution is 2.25. The van der Waals surface area contributed by atoms with Gasteiger partial charge in [-0.2, -0.15) is 0 Å². The molecule has 2 aliphatic heterocycles. The number of benzene rings is 2. The van der Waals surface area contributed by atoms with Crippen LogP contribution in [-0.4, -0.2) is 60.2 Å². The zero-order valence-electron chi connectivity index (χ0n) is 18.3. The van der Waals surface area contributed by atoms with E-state index in [2.05, 4.69) is 31.2 Å². The van der Waals surface area contributed by atoms with Crippen molar-refractivity contribution in [2.75, 3.05) is 32.7 Å². The molecule has 0 spiro atoms.